The Kier molecular flexibility index (Phi) is 8.06. The summed E-state index contributed by atoms with van der Waals surface area (Å²) in [7, 11) is 3.89. The van der Waals surface area contributed by atoms with Crippen LogP contribution in [0.3, 0.4) is 0 Å². The Balaban J connectivity index is 0.00000320. The van der Waals surface area contributed by atoms with Crippen LogP contribution in [0.25, 0.3) is 0 Å². The molecule has 11 heteroatoms. The van der Waals surface area contributed by atoms with Crippen molar-refractivity contribution in [1.82, 2.24) is 19.8 Å². The molecule has 0 saturated carbocycles. The number of nitrogens with zero attached hydrogens (tertiary/aromatic N) is 2. The summed E-state index contributed by atoms with van der Waals surface area (Å²) >= 11 is 5.24. The average molecular weight is 467 g/mol. The Hall–Kier alpha value is -1.91. The number of hydrogen-bond acceptors (Lipinski definition) is 3. The molecule has 2 N–H and O–H groups in total. The first-order chi connectivity index (χ1) is 13.7. The topological polar surface area (TPSA) is 53.1 Å². The number of carbonyl (C=O) groups is 1. The van der Waals surface area contributed by atoms with Crippen molar-refractivity contribution in [1.29, 1.82) is 0 Å². The molecule has 0 bridgehead atoms. The molecule has 166 valence electrons. The second-order valence-electron chi connectivity index (χ2n) is 7.43. The summed E-state index contributed by atoms with van der Waals surface area (Å²) in [5.41, 5.74) is 0.534. The summed E-state index contributed by atoms with van der Waals surface area (Å²) < 4.78 is 57.4. The lowest BCUT2D eigenvalue weighted by atomic mass is 9.94. The standard InChI is InChI=1S/C19H22F4N4OS.ClH/c1-26(2)5-3-4-24-15(28)8-13-14-6-10(9-27(14)19(29)25-13)16-17(22)11(20)7-12(21)18(16)23;/h7,10H,3-6,8-9H2,1-2H3,(H,24,28)(H,25,29);1H/t10-;/m0./s1. The number of benzene rings is 1. The zero-order valence-corrected chi connectivity index (χ0v) is 18.2. The van der Waals surface area contributed by atoms with E-state index < -0.39 is 34.8 Å². The van der Waals surface area contributed by atoms with Gasteiger partial charge in [0.1, 0.15) is 0 Å². The smallest absolute Gasteiger partial charge is 0.226 e. The van der Waals surface area contributed by atoms with Gasteiger partial charge in [0, 0.05) is 42.0 Å². The van der Waals surface area contributed by atoms with Crippen LogP contribution < -0.4 is 5.32 Å². The highest BCUT2D eigenvalue weighted by molar-refractivity contribution is 7.71. The second kappa shape index (κ2) is 9.93. The molecule has 0 aliphatic carbocycles. The molecular formula is C19H23ClF4N4OS. The van der Waals surface area contributed by atoms with Gasteiger partial charge in [0.25, 0.3) is 0 Å². The molecule has 5 nitrogen and oxygen atoms in total. The largest absolute Gasteiger partial charge is 0.356 e. The maximum atomic E-state index is 14.2. The van der Waals surface area contributed by atoms with E-state index in [4.69, 9.17) is 12.2 Å². The summed E-state index contributed by atoms with van der Waals surface area (Å²) in [6, 6.07) is 0.196. The maximum Gasteiger partial charge on any atom is 0.226 e. The van der Waals surface area contributed by atoms with Crippen LogP contribution in [0.4, 0.5) is 17.6 Å². The van der Waals surface area contributed by atoms with Crippen LogP contribution in [0.2, 0.25) is 0 Å². The third-order valence-electron chi connectivity index (χ3n) is 5.02. The average Bonchev–Trinajstić information content (AvgIpc) is 3.19. The van der Waals surface area contributed by atoms with Crippen molar-refractivity contribution in [2.75, 3.05) is 27.2 Å². The molecule has 1 aromatic carbocycles. The van der Waals surface area contributed by atoms with E-state index in [1.54, 1.807) is 4.57 Å². The summed E-state index contributed by atoms with van der Waals surface area (Å²) in [4.78, 5) is 17.2. The third-order valence-corrected chi connectivity index (χ3v) is 5.34. The van der Waals surface area contributed by atoms with Crippen LogP contribution in [0.1, 0.15) is 29.3 Å². The minimum atomic E-state index is -1.43. The Morgan fingerprint density at radius 3 is 2.50 bits per heavy atom. The molecule has 1 aliphatic rings. The van der Waals surface area contributed by atoms with Gasteiger partial charge in [0.15, 0.2) is 28.0 Å². The van der Waals surface area contributed by atoms with Crippen molar-refractivity contribution >= 4 is 30.5 Å². The van der Waals surface area contributed by atoms with E-state index in [-0.39, 0.29) is 43.8 Å². The summed E-state index contributed by atoms with van der Waals surface area (Å²) in [5, 5.41) is 2.81. The van der Waals surface area contributed by atoms with Crippen LogP contribution in [0.15, 0.2) is 6.07 Å². The van der Waals surface area contributed by atoms with E-state index in [9.17, 15) is 22.4 Å². The SMILES string of the molecule is CN(C)CCCNC(=O)Cc1[nH]c(=S)n2c1C[C@H](c1c(F)c(F)cc(F)c1F)C2.Cl. The van der Waals surface area contributed by atoms with Gasteiger partial charge in [0.05, 0.1) is 6.42 Å². The van der Waals surface area contributed by atoms with Crippen molar-refractivity contribution in [3.05, 3.63) is 51.1 Å². The molecule has 0 spiro atoms. The molecule has 0 unspecified atom stereocenters. The molecule has 1 atom stereocenters. The van der Waals surface area contributed by atoms with Gasteiger partial charge >= 0.3 is 0 Å². The number of aromatic nitrogens is 2. The molecule has 2 aromatic rings. The van der Waals surface area contributed by atoms with Gasteiger partial charge in [-0.2, -0.15) is 0 Å². The van der Waals surface area contributed by atoms with Crippen LogP contribution in [-0.2, 0) is 24.2 Å². The fraction of sp³-hybridized carbons (Fsp3) is 0.474. The first kappa shape index (κ1) is 24.4. The number of imidazole rings is 1. The number of hydrogen-bond donors (Lipinski definition) is 2. The molecule has 3 rings (SSSR count). The lowest BCUT2D eigenvalue weighted by Crippen LogP contribution is -2.28. The Morgan fingerprint density at radius 2 is 1.90 bits per heavy atom. The molecule has 1 amide bonds. The van der Waals surface area contributed by atoms with Crippen molar-refractivity contribution < 1.29 is 22.4 Å². The van der Waals surface area contributed by atoms with Gasteiger partial charge in [-0.05, 0) is 45.7 Å². The number of nitrogens with one attached hydrogen (secondary N) is 2. The van der Waals surface area contributed by atoms with Gasteiger partial charge in [-0.3, -0.25) is 4.79 Å². The molecular weight excluding hydrogens is 444 g/mol. The van der Waals surface area contributed by atoms with Crippen molar-refractivity contribution in [3.8, 4) is 0 Å². The lowest BCUT2D eigenvalue weighted by molar-refractivity contribution is -0.120. The number of H-pyrrole nitrogens is 1. The highest BCUT2D eigenvalue weighted by Crippen LogP contribution is 2.36. The molecule has 1 aliphatic heterocycles. The molecule has 2 heterocycles. The second-order valence-corrected chi connectivity index (χ2v) is 7.82. The summed E-state index contributed by atoms with van der Waals surface area (Å²) in [6.07, 6.45) is 0.949. The van der Waals surface area contributed by atoms with Gasteiger partial charge in [-0.1, -0.05) is 0 Å². The van der Waals surface area contributed by atoms with E-state index in [0.717, 1.165) is 13.0 Å². The highest BCUT2D eigenvalue weighted by Gasteiger charge is 2.33. The first-order valence-corrected chi connectivity index (χ1v) is 9.64. The number of carbonyl (C=O) groups excluding carboxylic acids is 1. The van der Waals surface area contributed by atoms with Gasteiger partial charge in [-0.15, -0.1) is 12.4 Å². The molecule has 0 radical (unpaired) electrons. The fourth-order valence-corrected chi connectivity index (χ4v) is 3.94. The van der Waals surface area contributed by atoms with Crippen LogP contribution in [-0.4, -0.2) is 47.5 Å². The maximum absolute atomic E-state index is 14.2. The zero-order chi connectivity index (χ0) is 21.3. The quantitative estimate of drug-likeness (QED) is 0.284. The number of amides is 1. The van der Waals surface area contributed by atoms with Crippen molar-refractivity contribution in [2.45, 2.75) is 31.7 Å². The zero-order valence-electron chi connectivity index (χ0n) is 16.5. The predicted molar refractivity (Wildman–Crippen MR) is 109 cm³/mol. The monoisotopic (exact) mass is 466 g/mol. The molecule has 0 saturated heterocycles. The van der Waals surface area contributed by atoms with E-state index in [1.807, 2.05) is 19.0 Å². The van der Waals surface area contributed by atoms with Crippen molar-refractivity contribution in [3.63, 3.8) is 0 Å². The normalized spacial score (nSPS) is 15.2. The van der Waals surface area contributed by atoms with Crippen LogP contribution in [0.5, 0.6) is 0 Å². The predicted octanol–water partition coefficient (Wildman–Crippen LogP) is 3.47. The van der Waals surface area contributed by atoms with Crippen LogP contribution in [0, 0.1) is 28.0 Å². The fourth-order valence-electron chi connectivity index (χ4n) is 3.63. The number of fused-ring (bicyclic) bond motifs is 1. The number of halogens is 5. The van der Waals surface area contributed by atoms with Gasteiger partial charge < -0.3 is 19.8 Å². The van der Waals surface area contributed by atoms with Gasteiger partial charge in [0.2, 0.25) is 5.91 Å². The Bertz CT molecular complexity index is 966. The van der Waals surface area contributed by atoms with E-state index in [2.05, 4.69) is 10.3 Å². The molecule has 0 fully saturated rings. The van der Waals surface area contributed by atoms with Gasteiger partial charge in [-0.25, -0.2) is 17.6 Å². The minimum absolute atomic E-state index is 0. The first-order valence-electron chi connectivity index (χ1n) is 9.24. The molecule has 1 aromatic heterocycles. The van der Waals surface area contributed by atoms with E-state index in [1.165, 1.54) is 0 Å². The van der Waals surface area contributed by atoms with E-state index >= 15 is 0 Å². The van der Waals surface area contributed by atoms with E-state index in [0.29, 0.717) is 22.7 Å². The molecule has 30 heavy (non-hydrogen) atoms. The Labute approximate surface area is 182 Å². The third kappa shape index (κ3) is 5.04. The summed E-state index contributed by atoms with van der Waals surface area (Å²) in [6.45, 7) is 1.44. The van der Waals surface area contributed by atoms with Crippen molar-refractivity contribution in [2.24, 2.45) is 0 Å². The number of rotatable bonds is 7. The minimum Gasteiger partial charge on any atom is -0.356 e. The summed E-state index contributed by atoms with van der Waals surface area (Å²) in [5.74, 6) is -6.67. The highest BCUT2D eigenvalue weighted by atomic mass is 35.5. The Morgan fingerprint density at radius 1 is 1.27 bits per heavy atom. The van der Waals surface area contributed by atoms with Crippen LogP contribution >= 0.6 is 24.6 Å². The lowest BCUT2D eigenvalue weighted by Gasteiger charge is -2.13. The number of aromatic amines is 1.